The quantitative estimate of drug-likeness (QED) is 0.722. The van der Waals surface area contributed by atoms with E-state index in [2.05, 4.69) is 4.40 Å². The van der Waals surface area contributed by atoms with Crippen LogP contribution in [0.4, 0.5) is 0 Å². The lowest BCUT2D eigenvalue weighted by atomic mass is 9.87. The summed E-state index contributed by atoms with van der Waals surface area (Å²) in [6.07, 6.45) is 0. The van der Waals surface area contributed by atoms with Gasteiger partial charge in [0.1, 0.15) is 0 Å². The number of sulfonamides is 1. The lowest BCUT2D eigenvalue weighted by Gasteiger charge is -2.17. The molecule has 15 heavy (non-hydrogen) atoms. The normalized spacial score (nSPS) is 18.8. The first-order valence-electron chi connectivity index (χ1n) is 4.37. The van der Waals surface area contributed by atoms with Crippen molar-refractivity contribution in [3.8, 4) is 0 Å². The average Bonchev–Trinajstić information content (AvgIpc) is 2.49. The van der Waals surface area contributed by atoms with E-state index in [0.717, 1.165) is 11.3 Å². The Labute approximate surface area is 97.9 Å². The molecular weight excluding hydrogens is 254 g/mol. The number of hydrogen-bond donors (Lipinski definition) is 0. The molecule has 1 aliphatic heterocycles. The van der Waals surface area contributed by atoms with Crippen molar-refractivity contribution in [2.45, 2.75) is 25.0 Å². The number of fused-ring (bicyclic) bond motifs is 1. The van der Waals surface area contributed by atoms with E-state index >= 15 is 0 Å². The number of hydrogen-bond acceptors (Lipinski definition) is 3. The van der Waals surface area contributed by atoms with Crippen molar-refractivity contribution in [3.63, 3.8) is 0 Å². The molecule has 0 aliphatic carbocycles. The summed E-state index contributed by atoms with van der Waals surface area (Å²) in [5.41, 5.74) is 0.973. The summed E-state index contributed by atoms with van der Waals surface area (Å²) in [5, 5.41) is 0. The van der Waals surface area contributed by atoms with Gasteiger partial charge in [-0.25, -0.2) is 0 Å². The summed E-state index contributed by atoms with van der Waals surface area (Å²) in [7, 11) is -3.50. The van der Waals surface area contributed by atoms with Gasteiger partial charge < -0.3 is 0 Å². The van der Waals surface area contributed by atoms with Crippen LogP contribution in [0, 0.1) is 5.41 Å². The van der Waals surface area contributed by atoms with Gasteiger partial charge in [-0.2, -0.15) is 12.8 Å². The maximum absolute atomic E-state index is 11.7. The Balaban J connectivity index is 2.74. The van der Waals surface area contributed by atoms with E-state index in [9.17, 15) is 8.42 Å². The molecule has 2 heterocycles. The van der Waals surface area contributed by atoms with Crippen LogP contribution in [-0.4, -0.2) is 14.1 Å². The Kier molecular flexibility index (Phi) is 2.26. The molecule has 1 aromatic rings. The predicted octanol–water partition coefficient (Wildman–Crippen LogP) is 2.94. The van der Waals surface area contributed by atoms with Crippen LogP contribution in [0.1, 0.15) is 26.3 Å². The minimum absolute atomic E-state index is 0.275. The van der Waals surface area contributed by atoms with Crippen molar-refractivity contribution in [2.24, 2.45) is 9.81 Å². The molecule has 1 aliphatic rings. The maximum Gasteiger partial charge on any atom is 0.292 e. The average molecular weight is 264 g/mol. The summed E-state index contributed by atoms with van der Waals surface area (Å²) in [6, 6.07) is 1.68. The van der Waals surface area contributed by atoms with Crippen LogP contribution in [0.3, 0.4) is 0 Å². The van der Waals surface area contributed by atoms with Crippen LogP contribution in [0.5, 0.6) is 0 Å². The minimum Gasteiger partial charge on any atom is -0.198 e. The highest BCUT2D eigenvalue weighted by atomic mass is 35.5. The molecule has 0 bridgehead atoms. The van der Waals surface area contributed by atoms with Gasteiger partial charge in [0.05, 0.1) is 10.0 Å². The van der Waals surface area contributed by atoms with Gasteiger partial charge in [-0.05, 0) is 6.07 Å². The van der Waals surface area contributed by atoms with Crippen LogP contribution >= 0.6 is 22.9 Å². The number of halogens is 1. The van der Waals surface area contributed by atoms with E-state index in [1.165, 1.54) is 0 Å². The SMILES string of the molecule is CC(C)(C)C1=NS(=O)(=O)c2sc(Cl)cc21. The summed E-state index contributed by atoms with van der Waals surface area (Å²) >= 11 is 6.89. The second-order valence-corrected chi connectivity index (χ2v) is 7.90. The van der Waals surface area contributed by atoms with E-state index in [4.69, 9.17) is 11.6 Å². The molecule has 0 fully saturated rings. The van der Waals surface area contributed by atoms with Crippen molar-refractivity contribution in [1.29, 1.82) is 0 Å². The largest absolute Gasteiger partial charge is 0.292 e. The first-order chi connectivity index (χ1) is 6.72. The van der Waals surface area contributed by atoms with Gasteiger partial charge in [0.25, 0.3) is 10.0 Å². The van der Waals surface area contributed by atoms with Crippen molar-refractivity contribution in [1.82, 2.24) is 0 Å². The van der Waals surface area contributed by atoms with E-state index < -0.39 is 10.0 Å². The molecule has 0 radical (unpaired) electrons. The third-order valence-electron chi connectivity index (χ3n) is 2.08. The summed E-state index contributed by atoms with van der Waals surface area (Å²) in [5.74, 6) is 0. The van der Waals surface area contributed by atoms with Gasteiger partial charge in [-0.3, -0.25) is 0 Å². The summed E-state index contributed by atoms with van der Waals surface area (Å²) in [4.78, 5) is 0. The number of thiophene rings is 1. The van der Waals surface area contributed by atoms with E-state index in [1.54, 1.807) is 6.07 Å². The Hall–Kier alpha value is -0.390. The first-order valence-corrected chi connectivity index (χ1v) is 7.00. The van der Waals surface area contributed by atoms with Gasteiger partial charge >= 0.3 is 0 Å². The van der Waals surface area contributed by atoms with Gasteiger partial charge in [-0.15, -0.1) is 11.3 Å². The molecule has 2 rings (SSSR count). The van der Waals surface area contributed by atoms with E-state index in [0.29, 0.717) is 15.6 Å². The minimum atomic E-state index is -3.50. The van der Waals surface area contributed by atoms with Gasteiger partial charge in [0.2, 0.25) is 0 Å². The molecule has 0 N–H and O–H groups in total. The van der Waals surface area contributed by atoms with Crippen molar-refractivity contribution in [2.75, 3.05) is 0 Å². The molecule has 1 aromatic heterocycles. The van der Waals surface area contributed by atoms with Gasteiger partial charge in [0, 0.05) is 11.0 Å². The number of rotatable bonds is 0. The first kappa shape index (κ1) is 11.1. The van der Waals surface area contributed by atoms with Crippen molar-refractivity contribution in [3.05, 3.63) is 16.0 Å². The third kappa shape index (κ3) is 1.73. The Bertz CT molecular complexity index is 549. The fourth-order valence-corrected chi connectivity index (χ4v) is 4.48. The Morgan fingerprint density at radius 1 is 1.40 bits per heavy atom. The molecule has 6 heteroatoms. The van der Waals surface area contributed by atoms with Crippen molar-refractivity contribution < 1.29 is 8.42 Å². The monoisotopic (exact) mass is 263 g/mol. The second-order valence-electron chi connectivity index (χ2n) is 4.42. The zero-order valence-corrected chi connectivity index (χ0v) is 10.9. The van der Waals surface area contributed by atoms with Gasteiger partial charge in [-0.1, -0.05) is 32.4 Å². The Morgan fingerprint density at radius 3 is 2.53 bits per heavy atom. The standard InChI is InChI=1S/C9H10ClNO2S2/c1-9(2,3)7-5-4-6(10)14-8(5)15(12,13)11-7/h4H,1-3H3. The highest BCUT2D eigenvalue weighted by Crippen LogP contribution is 2.40. The molecule has 3 nitrogen and oxygen atoms in total. The molecule has 0 aromatic carbocycles. The van der Waals surface area contributed by atoms with Crippen LogP contribution in [0.15, 0.2) is 14.7 Å². The van der Waals surface area contributed by atoms with Gasteiger partial charge in [0.15, 0.2) is 4.21 Å². The van der Waals surface area contributed by atoms with Crippen LogP contribution in [-0.2, 0) is 10.0 Å². The lowest BCUT2D eigenvalue weighted by Crippen LogP contribution is -2.19. The van der Waals surface area contributed by atoms with Crippen LogP contribution in [0.2, 0.25) is 4.34 Å². The lowest BCUT2D eigenvalue weighted by molar-refractivity contribution is 0.589. The maximum atomic E-state index is 11.7. The van der Waals surface area contributed by atoms with Crippen LogP contribution in [0.25, 0.3) is 0 Å². The molecule has 82 valence electrons. The summed E-state index contributed by atoms with van der Waals surface area (Å²) < 4.78 is 27.9. The smallest absolute Gasteiger partial charge is 0.198 e. The highest BCUT2D eigenvalue weighted by molar-refractivity contribution is 7.93. The van der Waals surface area contributed by atoms with Crippen LogP contribution < -0.4 is 0 Å². The zero-order chi connectivity index (χ0) is 11.4. The molecule has 0 atom stereocenters. The third-order valence-corrected chi connectivity index (χ3v) is 5.13. The fourth-order valence-electron chi connectivity index (χ4n) is 1.45. The predicted molar refractivity (Wildman–Crippen MR) is 62.5 cm³/mol. The number of nitrogens with zero attached hydrogens (tertiary/aromatic N) is 1. The topological polar surface area (TPSA) is 46.5 Å². The zero-order valence-electron chi connectivity index (χ0n) is 8.54. The fraction of sp³-hybridized carbons (Fsp3) is 0.444. The molecule has 0 spiro atoms. The van der Waals surface area contributed by atoms with E-state index in [-0.39, 0.29) is 9.62 Å². The summed E-state index contributed by atoms with van der Waals surface area (Å²) in [6.45, 7) is 5.80. The molecule has 0 amide bonds. The Morgan fingerprint density at radius 2 is 2.00 bits per heavy atom. The van der Waals surface area contributed by atoms with Crippen molar-refractivity contribution >= 4 is 38.7 Å². The molecule has 0 saturated heterocycles. The molecule has 0 unspecified atom stereocenters. The van der Waals surface area contributed by atoms with E-state index in [1.807, 2.05) is 20.8 Å². The highest BCUT2D eigenvalue weighted by Gasteiger charge is 2.36. The second kappa shape index (κ2) is 3.06. The molecule has 0 saturated carbocycles. The molecular formula is C9H10ClNO2S2.